The molecule has 0 aromatic heterocycles. The molecule has 5 nitrogen and oxygen atoms in total. The quantitative estimate of drug-likeness (QED) is 0.717. The van der Waals surface area contributed by atoms with Crippen molar-refractivity contribution in [3.63, 3.8) is 0 Å². The normalized spacial score (nSPS) is 11.7. The standard InChI is InChI=1S/C15H21NO4/c1-2-3-5-10-13(14(17)18)16-15(19)20-11-12-8-6-4-7-9-12/h4,6-9,13H,2-3,5,10-11H2,1H3,(H,16,19)(H,17,18)/t13-/m1/s1. The number of nitrogens with one attached hydrogen (secondary N) is 1. The van der Waals surface area contributed by atoms with E-state index in [0.29, 0.717) is 6.42 Å². The maximum atomic E-state index is 11.6. The van der Waals surface area contributed by atoms with E-state index in [4.69, 9.17) is 9.84 Å². The number of alkyl carbamates (subject to hydrolysis) is 1. The number of ether oxygens (including phenoxy) is 1. The molecule has 0 aliphatic rings. The molecular formula is C15H21NO4. The van der Waals surface area contributed by atoms with Crippen LogP contribution in [0.3, 0.4) is 0 Å². The highest BCUT2D eigenvalue weighted by Crippen LogP contribution is 2.05. The molecule has 110 valence electrons. The van der Waals surface area contributed by atoms with E-state index in [1.165, 1.54) is 0 Å². The van der Waals surface area contributed by atoms with Gasteiger partial charge in [-0.2, -0.15) is 0 Å². The largest absolute Gasteiger partial charge is 0.480 e. The Labute approximate surface area is 118 Å². The van der Waals surface area contributed by atoms with Crippen LogP contribution >= 0.6 is 0 Å². The van der Waals surface area contributed by atoms with Crippen molar-refractivity contribution in [2.75, 3.05) is 0 Å². The number of amides is 1. The van der Waals surface area contributed by atoms with Gasteiger partial charge in [0.05, 0.1) is 0 Å². The molecule has 2 N–H and O–H groups in total. The van der Waals surface area contributed by atoms with Crippen LogP contribution in [0.1, 0.15) is 38.2 Å². The number of aliphatic carboxylic acids is 1. The number of benzene rings is 1. The summed E-state index contributed by atoms with van der Waals surface area (Å²) < 4.78 is 5.00. The highest BCUT2D eigenvalue weighted by atomic mass is 16.5. The third-order valence-corrected chi connectivity index (χ3v) is 2.90. The number of hydrogen-bond acceptors (Lipinski definition) is 3. The SMILES string of the molecule is CCCCC[C@@H](NC(=O)OCc1ccccc1)C(=O)O. The van der Waals surface area contributed by atoms with E-state index in [2.05, 4.69) is 5.32 Å². The summed E-state index contributed by atoms with van der Waals surface area (Å²) in [6.07, 6.45) is 2.45. The zero-order chi connectivity index (χ0) is 14.8. The Bertz CT molecular complexity index is 419. The van der Waals surface area contributed by atoms with Crippen LogP contribution in [-0.4, -0.2) is 23.2 Å². The van der Waals surface area contributed by atoms with Gasteiger partial charge in [0.25, 0.3) is 0 Å². The van der Waals surface area contributed by atoms with E-state index in [0.717, 1.165) is 24.8 Å². The van der Waals surface area contributed by atoms with Crippen molar-refractivity contribution >= 4 is 12.1 Å². The summed E-state index contributed by atoms with van der Waals surface area (Å²) in [4.78, 5) is 22.6. The molecule has 0 aliphatic carbocycles. The van der Waals surface area contributed by atoms with Crippen molar-refractivity contribution in [2.45, 2.75) is 45.3 Å². The molecular weight excluding hydrogens is 258 g/mol. The lowest BCUT2D eigenvalue weighted by Gasteiger charge is -2.14. The average Bonchev–Trinajstić information content (AvgIpc) is 2.45. The van der Waals surface area contributed by atoms with Crippen LogP contribution in [0.5, 0.6) is 0 Å². The second-order valence-corrected chi connectivity index (χ2v) is 4.59. The molecule has 0 saturated heterocycles. The lowest BCUT2D eigenvalue weighted by molar-refractivity contribution is -0.139. The Morgan fingerprint density at radius 3 is 2.55 bits per heavy atom. The minimum atomic E-state index is -1.03. The number of hydrogen-bond donors (Lipinski definition) is 2. The molecule has 0 heterocycles. The van der Waals surface area contributed by atoms with Crippen molar-refractivity contribution in [3.05, 3.63) is 35.9 Å². The van der Waals surface area contributed by atoms with Gasteiger partial charge in [0, 0.05) is 0 Å². The van der Waals surface area contributed by atoms with E-state index in [9.17, 15) is 9.59 Å². The summed E-state index contributed by atoms with van der Waals surface area (Å²) in [6.45, 7) is 2.17. The minimum absolute atomic E-state index is 0.133. The Balaban J connectivity index is 2.36. The Hall–Kier alpha value is -2.04. The smallest absolute Gasteiger partial charge is 0.408 e. The molecule has 0 unspecified atom stereocenters. The van der Waals surface area contributed by atoms with Gasteiger partial charge in [-0.25, -0.2) is 9.59 Å². The number of rotatable bonds is 8. The zero-order valence-electron chi connectivity index (χ0n) is 11.7. The van der Waals surface area contributed by atoms with Gasteiger partial charge in [-0.3, -0.25) is 0 Å². The molecule has 0 bridgehead atoms. The van der Waals surface area contributed by atoms with Crippen LogP contribution in [0, 0.1) is 0 Å². The Morgan fingerprint density at radius 1 is 1.25 bits per heavy atom. The molecule has 1 aromatic carbocycles. The van der Waals surface area contributed by atoms with Crippen LogP contribution in [0.25, 0.3) is 0 Å². The van der Waals surface area contributed by atoms with Crippen LogP contribution < -0.4 is 5.32 Å². The lowest BCUT2D eigenvalue weighted by Crippen LogP contribution is -2.40. The van der Waals surface area contributed by atoms with Gasteiger partial charge in [0.2, 0.25) is 0 Å². The second kappa shape index (κ2) is 8.96. The molecule has 1 amide bonds. The topological polar surface area (TPSA) is 75.6 Å². The van der Waals surface area contributed by atoms with E-state index >= 15 is 0 Å². The maximum absolute atomic E-state index is 11.6. The Kier molecular flexibility index (Phi) is 7.17. The predicted molar refractivity (Wildman–Crippen MR) is 75.3 cm³/mol. The number of carbonyl (C=O) groups is 2. The molecule has 1 atom stereocenters. The van der Waals surface area contributed by atoms with Gasteiger partial charge in [-0.15, -0.1) is 0 Å². The average molecular weight is 279 g/mol. The van der Waals surface area contributed by atoms with E-state index in [1.54, 1.807) is 0 Å². The molecule has 0 aliphatic heterocycles. The van der Waals surface area contributed by atoms with Gasteiger partial charge in [0.15, 0.2) is 0 Å². The number of carboxylic acids is 1. The summed E-state index contributed by atoms with van der Waals surface area (Å²) in [5, 5.41) is 11.4. The molecule has 20 heavy (non-hydrogen) atoms. The third-order valence-electron chi connectivity index (χ3n) is 2.90. The van der Waals surface area contributed by atoms with Gasteiger partial charge >= 0.3 is 12.1 Å². The highest BCUT2D eigenvalue weighted by Gasteiger charge is 2.19. The predicted octanol–water partition coefficient (Wildman–Crippen LogP) is 2.95. The molecule has 0 radical (unpaired) electrons. The first-order valence-corrected chi connectivity index (χ1v) is 6.83. The lowest BCUT2D eigenvalue weighted by atomic mass is 10.1. The van der Waals surface area contributed by atoms with Crippen LogP contribution in [0.4, 0.5) is 4.79 Å². The van der Waals surface area contributed by atoms with E-state index < -0.39 is 18.1 Å². The van der Waals surface area contributed by atoms with Gasteiger partial charge in [-0.1, -0.05) is 56.5 Å². The van der Waals surface area contributed by atoms with Gasteiger partial charge < -0.3 is 15.2 Å². The molecule has 0 spiro atoms. The fourth-order valence-electron chi connectivity index (χ4n) is 1.76. The van der Waals surface area contributed by atoms with Crippen LogP contribution in [0.15, 0.2) is 30.3 Å². The van der Waals surface area contributed by atoms with Crippen molar-refractivity contribution in [2.24, 2.45) is 0 Å². The summed E-state index contributed by atoms with van der Waals surface area (Å²) in [5.41, 5.74) is 0.862. The van der Waals surface area contributed by atoms with Crippen molar-refractivity contribution < 1.29 is 19.4 Å². The number of carbonyl (C=O) groups excluding carboxylic acids is 1. The van der Waals surface area contributed by atoms with Gasteiger partial charge in [-0.05, 0) is 12.0 Å². The van der Waals surface area contributed by atoms with Crippen LogP contribution in [0.2, 0.25) is 0 Å². The summed E-state index contributed by atoms with van der Waals surface area (Å²) in [6, 6.07) is 8.36. The first-order chi connectivity index (χ1) is 9.63. The minimum Gasteiger partial charge on any atom is -0.480 e. The third kappa shape index (κ3) is 6.22. The van der Waals surface area contributed by atoms with Crippen molar-refractivity contribution in [3.8, 4) is 0 Å². The first-order valence-electron chi connectivity index (χ1n) is 6.83. The van der Waals surface area contributed by atoms with E-state index in [-0.39, 0.29) is 6.61 Å². The zero-order valence-corrected chi connectivity index (χ0v) is 11.7. The number of unbranched alkanes of at least 4 members (excludes halogenated alkanes) is 2. The van der Waals surface area contributed by atoms with E-state index in [1.807, 2.05) is 37.3 Å². The Morgan fingerprint density at radius 2 is 1.95 bits per heavy atom. The number of carboxylic acid groups (broad SMARTS) is 1. The second-order valence-electron chi connectivity index (χ2n) is 4.59. The summed E-state index contributed by atoms with van der Waals surface area (Å²) >= 11 is 0. The van der Waals surface area contributed by atoms with Crippen LogP contribution in [-0.2, 0) is 16.1 Å². The maximum Gasteiger partial charge on any atom is 0.408 e. The summed E-state index contributed by atoms with van der Waals surface area (Å²) in [5.74, 6) is -1.03. The summed E-state index contributed by atoms with van der Waals surface area (Å²) in [7, 11) is 0. The molecule has 1 aromatic rings. The fourth-order valence-corrected chi connectivity index (χ4v) is 1.76. The highest BCUT2D eigenvalue weighted by molar-refractivity contribution is 5.79. The fraction of sp³-hybridized carbons (Fsp3) is 0.467. The van der Waals surface area contributed by atoms with Gasteiger partial charge in [0.1, 0.15) is 12.6 Å². The molecule has 0 fully saturated rings. The van der Waals surface area contributed by atoms with Crippen molar-refractivity contribution in [1.29, 1.82) is 0 Å². The molecule has 0 saturated carbocycles. The first kappa shape index (κ1) is 16.0. The molecule has 1 rings (SSSR count). The van der Waals surface area contributed by atoms with Crippen molar-refractivity contribution in [1.82, 2.24) is 5.32 Å². The monoisotopic (exact) mass is 279 g/mol. The molecule has 5 heteroatoms.